The first kappa shape index (κ1) is 23.6. The predicted octanol–water partition coefficient (Wildman–Crippen LogP) is 2.87. The van der Waals surface area contributed by atoms with Gasteiger partial charge in [-0.15, -0.1) is 0 Å². The third-order valence-corrected chi connectivity index (χ3v) is 7.29. The highest BCUT2D eigenvalue weighted by Crippen LogP contribution is 2.42. The van der Waals surface area contributed by atoms with Crippen LogP contribution in [0.15, 0.2) is 42.5 Å². The van der Waals surface area contributed by atoms with Crippen molar-refractivity contribution >= 4 is 11.8 Å². The standard InChI is InChI=1S/C27H32FN3O4/c28-22-6-3-20(4-7-22)17-26(33)31-13-11-30(12-14-31)19-25(32)29-27(9-1-2-10-27)21-5-8-23-24(18-21)35-16-15-34-23/h3-8,18H,1-2,9-17,19H2,(H,29,32). The molecule has 0 aromatic heterocycles. The number of rotatable bonds is 6. The van der Waals surface area contributed by atoms with Gasteiger partial charge in [0.05, 0.1) is 18.5 Å². The molecule has 8 heteroatoms. The maximum atomic E-state index is 13.1. The number of nitrogens with zero attached hydrogens (tertiary/aromatic N) is 2. The summed E-state index contributed by atoms with van der Waals surface area (Å²) in [5.74, 6) is 1.24. The van der Waals surface area contributed by atoms with Gasteiger partial charge in [0.25, 0.3) is 0 Å². The van der Waals surface area contributed by atoms with Crippen LogP contribution in [0.2, 0.25) is 0 Å². The number of carbonyl (C=O) groups excluding carboxylic acids is 2. The molecule has 2 fully saturated rings. The molecule has 2 amide bonds. The summed E-state index contributed by atoms with van der Waals surface area (Å²) in [6, 6.07) is 12.1. The van der Waals surface area contributed by atoms with E-state index < -0.39 is 0 Å². The summed E-state index contributed by atoms with van der Waals surface area (Å²) < 4.78 is 24.5. The van der Waals surface area contributed by atoms with Gasteiger partial charge in [-0.1, -0.05) is 31.0 Å². The van der Waals surface area contributed by atoms with Crippen molar-refractivity contribution in [2.75, 3.05) is 45.9 Å². The number of carbonyl (C=O) groups is 2. The van der Waals surface area contributed by atoms with Gasteiger partial charge < -0.3 is 19.7 Å². The molecule has 0 atom stereocenters. The van der Waals surface area contributed by atoms with E-state index in [-0.39, 0.29) is 29.6 Å². The van der Waals surface area contributed by atoms with Gasteiger partial charge >= 0.3 is 0 Å². The Balaban J connectivity index is 1.15. The largest absolute Gasteiger partial charge is 0.486 e. The first-order valence-corrected chi connectivity index (χ1v) is 12.5. The Morgan fingerprint density at radius 1 is 0.914 bits per heavy atom. The molecule has 1 aliphatic carbocycles. The fourth-order valence-electron chi connectivity index (χ4n) is 5.36. The summed E-state index contributed by atoms with van der Waals surface area (Å²) in [5, 5.41) is 3.35. The molecule has 0 spiro atoms. The zero-order valence-corrected chi connectivity index (χ0v) is 19.9. The Kier molecular flexibility index (Phi) is 6.90. The quantitative estimate of drug-likeness (QED) is 0.687. The number of benzene rings is 2. The van der Waals surface area contributed by atoms with Crippen molar-refractivity contribution in [2.24, 2.45) is 0 Å². The SMILES string of the molecule is O=C(CN1CCN(C(=O)Cc2ccc(F)cc2)CC1)NC1(c2ccc3c(c2)OCCO3)CCCC1. The van der Waals surface area contributed by atoms with E-state index in [0.717, 1.165) is 48.3 Å². The molecule has 35 heavy (non-hydrogen) atoms. The molecule has 0 unspecified atom stereocenters. The van der Waals surface area contributed by atoms with Crippen molar-refractivity contribution in [3.8, 4) is 11.5 Å². The molecule has 2 aromatic rings. The summed E-state index contributed by atoms with van der Waals surface area (Å²) in [6.45, 7) is 3.88. The zero-order valence-electron chi connectivity index (χ0n) is 19.9. The second kappa shape index (κ2) is 10.2. The number of hydrogen-bond donors (Lipinski definition) is 1. The summed E-state index contributed by atoms with van der Waals surface area (Å²) >= 11 is 0. The van der Waals surface area contributed by atoms with Crippen molar-refractivity contribution in [1.82, 2.24) is 15.1 Å². The van der Waals surface area contributed by atoms with Crippen LogP contribution >= 0.6 is 0 Å². The van der Waals surface area contributed by atoms with Crippen molar-refractivity contribution in [1.29, 1.82) is 0 Å². The Bertz CT molecular complexity index is 1060. The molecular weight excluding hydrogens is 449 g/mol. The fourth-order valence-corrected chi connectivity index (χ4v) is 5.36. The highest BCUT2D eigenvalue weighted by molar-refractivity contribution is 5.80. The summed E-state index contributed by atoms with van der Waals surface area (Å²) in [5.41, 5.74) is 1.50. The van der Waals surface area contributed by atoms with Gasteiger partial charge in [-0.25, -0.2) is 4.39 Å². The summed E-state index contributed by atoms with van der Waals surface area (Å²) in [7, 11) is 0. The van der Waals surface area contributed by atoms with Crippen molar-refractivity contribution in [3.05, 3.63) is 59.4 Å². The van der Waals surface area contributed by atoms with E-state index in [0.29, 0.717) is 45.9 Å². The number of ether oxygens (including phenoxy) is 2. The van der Waals surface area contributed by atoms with E-state index in [9.17, 15) is 14.0 Å². The van der Waals surface area contributed by atoms with Gasteiger partial charge in [-0.2, -0.15) is 0 Å². The number of fused-ring (bicyclic) bond motifs is 1. The molecule has 0 bridgehead atoms. The van der Waals surface area contributed by atoms with Crippen LogP contribution in [0.1, 0.15) is 36.8 Å². The molecule has 3 aliphatic rings. The van der Waals surface area contributed by atoms with Crippen LogP contribution in [0, 0.1) is 5.82 Å². The third kappa shape index (κ3) is 5.42. The van der Waals surface area contributed by atoms with Crippen LogP contribution in [0.3, 0.4) is 0 Å². The van der Waals surface area contributed by atoms with E-state index in [1.54, 1.807) is 12.1 Å². The highest BCUT2D eigenvalue weighted by atomic mass is 19.1. The molecule has 5 rings (SSSR count). The van der Waals surface area contributed by atoms with E-state index in [2.05, 4.69) is 10.2 Å². The molecule has 186 valence electrons. The van der Waals surface area contributed by atoms with Gasteiger partial charge in [-0.3, -0.25) is 14.5 Å². The van der Waals surface area contributed by atoms with Gasteiger partial charge in [0, 0.05) is 26.2 Å². The number of piperazine rings is 1. The van der Waals surface area contributed by atoms with Crippen molar-refractivity contribution < 1.29 is 23.5 Å². The number of hydrogen-bond acceptors (Lipinski definition) is 5. The Morgan fingerprint density at radius 3 is 2.31 bits per heavy atom. The minimum atomic E-state index is -0.375. The second-order valence-electron chi connectivity index (χ2n) is 9.66. The van der Waals surface area contributed by atoms with E-state index in [4.69, 9.17) is 9.47 Å². The maximum absolute atomic E-state index is 13.1. The van der Waals surface area contributed by atoms with Crippen LogP contribution in [0.4, 0.5) is 4.39 Å². The van der Waals surface area contributed by atoms with Gasteiger partial charge in [0.15, 0.2) is 11.5 Å². The Labute approximate surface area is 205 Å². The average Bonchev–Trinajstić information content (AvgIpc) is 3.35. The lowest BCUT2D eigenvalue weighted by Gasteiger charge is -2.36. The Hall–Kier alpha value is -3.13. The molecule has 1 saturated carbocycles. The van der Waals surface area contributed by atoms with Crippen LogP contribution in [-0.2, 0) is 21.5 Å². The minimum Gasteiger partial charge on any atom is -0.486 e. The monoisotopic (exact) mass is 481 g/mol. The second-order valence-corrected chi connectivity index (χ2v) is 9.66. The average molecular weight is 482 g/mol. The predicted molar refractivity (Wildman–Crippen MR) is 129 cm³/mol. The lowest BCUT2D eigenvalue weighted by molar-refractivity contribution is -0.132. The smallest absolute Gasteiger partial charge is 0.234 e. The third-order valence-electron chi connectivity index (χ3n) is 7.29. The van der Waals surface area contributed by atoms with Crippen LogP contribution in [-0.4, -0.2) is 67.6 Å². The van der Waals surface area contributed by atoms with Gasteiger partial charge in [0.1, 0.15) is 19.0 Å². The van der Waals surface area contributed by atoms with E-state index in [1.807, 2.05) is 23.1 Å². The first-order chi connectivity index (χ1) is 17.0. The molecule has 2 heterocycles. The molecule has 1 saturated heterocycles. The zero-order chi connectivity index (χ0) is 24.3. The lowest BCUT2D eigenvalue weighted by atomic mass is 9.87. The Morgan fingerprint density at radius 2 is 1.60 bits per heavy atom. The van der Waals surface area contributed by atoms with Crippen molar-refractivity contribution in [3.63, 3.8) is 0 Å². The molecule has 2 aromatic carbocycles. The highest BCUT2D eigenvalue weighted by Gasteiger charge is 2.38. The number of amides is 2. The van der Waals surface area contributed by atoms with Gasteiger partial charge in [-0.05, 0) is 48.2 Å². The van der Waals surface area contributed by atoms with Gasteiger partial charge in [0.2, 0.25) is 11.8 Å². The molecular formula is C27H32FN3O4. The molecule has 0 radical (unpaired) electrons. The maximum Gasteiger partial charge on any atom is 0.234 e. The minimum absolute atomic E-state index is 0.00729. The summed E-state index contributed by atoms with van der Waals surface area (Å²) in [4.78, 5) is 29.7. The van der Waals surface area contributed by atoms with E-state index in [1.165, 1.54) is 12.1 Å². The van der Waals surface area contributed by atoms with Crippen LogP contribution < -0.4 is 14.8 Å². The van der Waals surface area contributed by atoms with Crippen LogP contribution in [0.5, 0.6) is 11.5 Å². The first-order valence-electron chi connectivity index (χ1n) is 12.5. The fraction of sp³-hybridized carbons (Fsp3) is 0.481. The normalized spacial score (nSPS) is 19.4. The number of nitrogens with one attached hydrogen (secondary N) is 1. The molecule has 2 aliphatic heterocycles. The molecule has 7 nitrogen and oxygen atoms in total. The van der Waals surface area contributed by atoms with E-state index >= 15 is 0 Å². The van der Waals surface area contributed by atoms with Crippen LogP contribution in [0.25, 0.3) is 0 Å². The summed E-state index contributed by atoms with van der Waals surface area (Å²) in [6.07, 6.45) is 4.22. The number of halogens is 1. The topological polar surface area (TPSA) is 71.1 Å². The van der Waals surface area contributed by atoms with Crippen molar-refractivity contribution in [2.45, 2.75) is 37.6 Å². The molecule has 1 N–H and O–H groups in total. The lowest BCUT2D eigenvalue weighted by Crippen LogP contribution is -2.53.